The largest absolute Gasteiger partial charge is 0.461 e. The summed E-state index contributed by atoms with van der Waals surface area (Å²) in [6, 6.07) is 10.4. The highest BCUT2D eigenvalue weighted by molar-refractivity contribution is 6.78. The van der Waals surface area contributed by atoms with Crippen molar-refractivity contribution < 1.29 is 9.53 Å². The molecular weight excluding hydrogens is 240 g/mol. The molecule has 0 spiro atoms. The molecule has 0 saturated heterocycles. The van der Waals surface area contributed by atoms with Crippen LogP contribution in [0, 0.1) is 0 Å². The molecule has 0 saturated carbocycles. The van der Waals surface area contributed by atoms with Crippen LogP contribution in [0.1, 0.15) is 18.0 Å². The molecule has 0 aromatic heterocycles. The summed E-state index contributed by atoms with van der Waals surface area (Å²) in [5.74, 6) is -0.251. The maximum absolute atomic E-state index is 10.9. The highest BCUT2D eigenvalue weighted by Crippen LogP contribution is 2.33. The van der Waals surface area contributed by atoms with Crippen LogP contribution in [0.4, 0.5) is 0 Å². The van der Waals surface area contributed by atoms with E-state index in [0.29, 0.717) is 12.1 Å². The molecule has 1 aromatic carbocycles. The van der Waals surface area contributed by atoms with Gasteiger partial charge in [0.1, 0.15) is 6.61 Å². The van der Waals surface area contributed by atoms with Gasteiger partial charge in [0.25, 0.3) is 0 Å². The first kappa shape index (κ1) is 14.7. The van der Waals surface area contributed by atoms with E-state index < -0.39 is 8.07 Å². The van der Waals surface area contributed by atoms with Gasteiger partial charge >= 0.3 is 5.97 Å². The Morgan fingerprint density at radius 2 is 1.83 bits per heavy atom. The maximum Gasteiger partial charge on any atom is 0.302 e. The fraction of sp³-hybridized carbons (Fsp3) is 0.400. The van der Waals surface area contributed by atoms with Crippen molar-refractivity contribution in [1.29, 1.82) is 0 Å². The maximum atomic E-state index is 10.9. The SMILES string of the molecule is C=C(COC(C)=O)C(c1ccccc1)[Si](C)(C)C. The van der Waals surface area contributed by atoms with E-state index in [0.717, 1.165) is 5.57 Å². The van der Waals surface area contributed by atoms with Gasteiger partial charge in [-0.2, -0.15) is 0 Å². The zero-order chi connectivity index (χ0) is 13.8. The van der Waals surface area contributed by atoms with Crippen LogP contribution in [-0.2, 0) is 9.53 Å². The Kier molecular flexibility index (Phi) is 4.90. The molecular formula is C15H22O2Si. The second kappa shape index (κ2) is 6.00. The van der Waals surface area contributed by atoms with Crippen molar-refractivity contribution in [2.24, 2.45) is 0 Å². The lowest BCUT2D eigenvalue weighted by Crippen LogP contribution is -2.33. The van der Waals surface area contributed by atoms with Gasteiger partial charge in [-0.1, -0.05) is 56.6 Å². The number of hydrogen-bond acceptors (Lipinski definition) is 2. The summed E-state index contributed by atoms with van der Waals surface area (Å²) in [7, 11) is -1.45. The van der Waals surface area contributed by atoms with Crippen molar-refractivity contribution in [1.82, 2.24) is 0 Å². The molecule has 1 aromatic rings. The van der Waals surface area contributed by atoms with Gasteiger partial charge in [-0.05, 0) is 11.1 Å². The molecule has 0 heterocycles. The predicted octanol–water partition coefficient (Wildman–Crippen LogP) is 3.77. The fourth-order valence-corrected chi connectivity index (χ4v) is 4.77. The fourth-order valence-electron chi connectivity index (χ4n) is 2.27. The van der Waals surface area contributed by atoms with Crippen LogP contribution in [0.3, 0.4) is 0 Å². The van der Waals surface area contributed by atoms with Crippen molar-refractivity contribution >= 4 is 14.0 Å². The number of ether oxygens (including phenoxy) is 1. The lowest BCUT2D eigenvalue weighted by atomic mass is 10.1. The predicted molar refractivity (Wildman–Crippen MR) is 78.3 cm³/mol. The van der Waals surface area contributed by atoms with E-state index in [1.165, 1.54) is 12.5 Å². The van der Waals surface area contributed by atoms with E-state index in [4.69, 9.17) is 4.74 Å². The monoisotopic (exact) mass is 262 g/mol. The Balaban J connectivity index is 2.93. The van der Waals surface area contributed by atoms with Crippen LogP contribution in [0.15, 0.2) is 42.5 Å². The van der Waals surface area contributed by atoms with Gasteiger partial charge < -0.3 is 4.74 Å². The molecule has 18 heavy (non-hydrogen) atoms. The number of carbonyl (C=O) groups excluding carboxylic acids is 1. The van der Waals surface area contributed by atoms with Crippen LogP contribution in [-0.4, -0.2) is 20.7 Å². The number of carbonyl (C=O) groups is 1. The van der Waals surface area contributed by atoms with Gasteiger partial charge in [0.2, 0.25) is 0 Å². The smallest absolute Gasteiger partial charge is 0.302 e. The third kappa shape index (κ3) is 4.15. The summed E-state index contributed by atoms with van der Waals surface area (Å²) in [5, 5.41) is 0. The molecule has 0 fully saturated rings. The van der Waals surface area contributed by atoms with Crippen LogP contribution >= 0.6 is 0 Å². The molecule has 1 rings (SSSR count). The molecule has 0 aliphatic heterocycles. The molecule has 2 nitrogen and oxygen atoms in total. The topological polar surface area (TPSA) is 26.3 Å². The van der Waals surface area contributed by atoms with E-state index in [9.17, 15) is 4.79 Å². The van der Waals surface area contributed by atoms with Crippen LogP contribution in [0.25, 0.3) is 0 Å². The van der Waals surface area contributed by atoms with Gasteiger partial charge in [-0.3, -0.25) is 4.79 Å². The van der Waals surface area contributed by atoms with Crippen molar-refractivity contribution in [2.75, 3.05) is 6.61 Å². The second-order valence-electron chi connectivity index (χ2n) is 5.65. The third-order valence-corrected chi connectivity index (χ3v) is 5.34. The molecule has 0 aliphatic rings. The normalized spacial score (nSPS) is 12.9. The Morgan fingerprint density at radius 1 is 1.28 bits per heavy atom. The molecule has 0 aliphatic carbocycles. The quantitative estimate of drug-likeness (QED) is 0.459. The van der Waals surface area contributed by atoms with Gasteiger partial charge in [0.15, 0.2) is 0 Å². The van der Waals surface area contributed by atoms with Crippen molar-refractivity contribution in [2.45, 2.75) is 32.1 Å². The lowest BCUT2D eigenvalue weighted by molar-refractivity contribution is -0.140. The highest BCUT2D eigenvalue weighted by atomic mass is 28.3. The van der Waals surface area contributed by atoms with Crippen LogP contribution < -0.4 is 0 Å². The first-order valence-corrected chi connectivity index (χ1v) is 9.76. The van der Waals surface area contributed by atoms with Gasteiger partial charge in [0, 0.05) is 12.5 Å². The summed E-state index contributed by atoms with van der Waals surface area (Å²) in [4.78, 5) is 10.9. The molecule has 0 N–H and O–H groups in total. The molecule has 3 heteroatoms. The van der Waals surface area contributed by atoms with E-state index in [2.05, 4.69) is 38.4 Å². The zero-order valence-electron chi connectivity index (χ0n) is 11.7. The number of hydrogen-bond donors (Lipinski definition) is 0. The summed E-state index contributed by atoms with van der Waals surface area (Å²) in [6.45, 7) is 12.8. The van der Waals surface area contributed by atoms with E-state index >= 15 is 0 Å². The minimum absolute atomic E-state index is 0.251. The lowest BCUT2D eigenvalue weighted by Gasteiger charge is -2.31. The number of esters is 1. The molecule has 1 unspecified atom stereocenters. The summed E-state index contributed by atoms with van der Waals surface area (Å²) in [5.41, 5.74) is 2.59. The second-order valence-corrected chi connectivity index (χ2v) is 11.0. The molecule has 0 bridgehead atoms. The van der Waals surface area contributed by atoms with Crippen LogP contribution in [0.5, 0.6) is 0 Å². The van der Waals surface area contributed by atoms with Crippen molar-refractivity contribution in [3.05, 3.63) is 48.0 Å². The molecule has 0 radical (unpaired) electrons. The Bertz CT molecular complexity index is 418. The van der Waals surface area contributed by atoms with Gasteiger partial charge in [-0.15, -0.1) is 0 Å². The van der Waals surface area contributed by atoms with E-state index in [1.54, 1.807) is 0 Å². The van der Waals surface area contributed by atoms with Gasteiger partial charge in [0.05, 0.1) is 8.07 Å². The third-order valence-electron chi connectivity index (χ3n) is 2.87. The molecule has 0 amide bonds. The summed E-state index contributed by atoms with van der Waals surface area (Å²) >= 11 is 0. The average molecular weight is 262 g/mol. The molecule has 1 atom stereocenters. The Morgan fingerprint density at radius 3 is 2.28 bits per heavy atom. The minimum Gasteiger partial charge on any atom is -0.461 e. The zero-order valence-corrected chi connectivity index (χ0v) is 12.7. The minimum atomic E-state index is -1.45. The van der Waals surface area contributed by atoms with Crippen molar-refractivity contribution in [3.63, 3.8) is 0 Å². The standard InChI is InChI=1S/C15H22O2Si/c1-12(11-17-13(2)16)15(18(3,4)5)14-9-7-6-8-10-14/h6-10,15H,1,11H2,2-5H3. The first-order valence-electron chi connectivity index (χ1n) is 6.18. The highest BCUT2D eigenvalue weighted by Gasteiger charge is 2.30. The van der Waals surface area contributed by atoms with E-state index in [1.807, 2.05) is 18.2 Å². The Labute approximate surface area is 111 Å². The summed E-state index contributed by atoms with van der Waals surface area (Å²) < 4.78 is 5.09. The van der Waals surface area contributed by atoms with Crippen molar-refractivity contribution in [3.8, 4) is 0 Å². The van der Waals surface area contributed by atoms with Gasteiger partial charge in [-0.25, -0.2) is 0 Å². The summed E-state index contributed by atoms with van der Waals surface area (Å²) in [6.07, 6.45) is 0. The number of rotatable bonds is 5. The average Bonchev–Trinajstić information content (AvgIpc) is 2.26. The number of benzene rings is 1. The van der Waals surface area contributed by atoms with E-state index in [-0.39, 0.29) is 5.97 Å². The first-order chi connectivity index (χ1) is 8.32. The molecule has 98 valence electrons. The van der Waals surface area contributed by atoms with Crippen LogP contribution in [0.2, 0.25) is 19.6 Å². The Hall–Kier alpha value is -1.35.